The Balaban J connectivity index is 2.96. The van der Waals surface area contributed by atoms with Gasteiger partial charge in [-0.1, -0.05) is 27.7 Å². The van der Waals surface area contributed by atoms with Gasteiger partial charge < -0.3 is 16.0 Å². The summed E-state index contributed by atoms with van der Waals surface area (Å²) in [5.41, 5.74) is 8.02. The van der Waals surface area contributed by atoms with Crippen LogP contribution in [0.2, 0.25) is 0 Å². The Labute approximate surface area is 128 Å². The van der Waals surface area contributed by atoms with Gasteiger partial charge in [0.25, 0.3) is 5.91 Å². The van der Waals surface area contributed by atoms with Crippen molar-refractivity contribution in [3.63, 3.8) is 0 Å². The molecule has 1 amide bonds. The number of nitrogens with two attached hydrogens (primary N) is 1. The molecule has 0 aromatic heterocycles. The van der Waals surface area contributed by atoms with Crippen LogP contribution < -0.4 is 11.1 Å². The molecule has 4 nitrogen and oxygen atoms in total. The van der Waals surface area contributed by atoms with Crippen LogP contribution >= 0.6 is 0 Å². The zero-order valence-electron chi connectivity index (χ0n) is 14.1. The van der Waals surface area contributed by atoms with Crippen molar-refractivity contribution in [2.75, 3.05) is 31.7 Å². The molecule has 118 valence electrons. The molecule has 0 saturated carbocycles. The fourth-order valence-electron chi connectivity index (χ4n) is 2.60. The highest BCUT2D eigenvalue weighted by Crippen LogP contribution is 2.24. The molecule has 1 aromatic rings. The Hall–Kier alpha value is -1.71. The van der Waals surface area contributed by atoms with E-state index in [2.05, 4.69) is 33.0 Å². The second kappa shape index (κ2) is 7.34. The van der Waals surface area contributed by atoms with Gasteiger partial charge in [-0.25, -0.2) is 0 Å². The van der Waals surface area contributed by atoms with Crippen molar-refractivity contribution in [1.29, 1.82) is 0 Å². The smallest absolute Gasteiger partial charge is 0.255 e. The van der Waals surface area contributed by atoms with Crippen LogP contribution in [0.15, 0.2) is 18.2 Å². The molecule has 0 bridgehead atoms. The molecule has 0 aliphatic heterocycles. The molecule has 21 heavy (non-hydrogen) atoms. The minimum absolute atomic E-state index is 0.0110. The number of hydrogen-bond donors (Lipinski definition) is 2. The lowest BCUT2D eigenvalue weighted by molar-refractivity contribution is 0.0828. The first-order valence-electron chi connectivity index (χ1n) is 7.59. The Morgan fingerprint density at radius 3 is 2.24 bits per heavy atom. The van der Waals surface area contributed by atoms with Gasteiger partial charge in [0, 0.05) is 32.0 Å². The Morgan fingerprint density at radius 2 is 1.76 bits per heavy atom. The predicted octanol–water partition coefficient (Wildman–Crippen LogP) is 3.31. The molecule has 1 rings (SSSR count). The Kier molecular flexibility index (Phi) is 6.06. The van der Waals surface area contributed by atoms with Crippen molar-refractivity contribution in [2.24, 2.45) is 17.8 Å². The number of carbonyl (C=O) groups excluding carboxylic acids is 1. The Morgan fingerprint density at radius 1 is 1.19 bits per heavy atom. The molecule has 3 N–H and O–H groups in total. The molecule has 0 spiro atoms. The highest BCUT2D eigenvalue weighted by Gasteiger charge is 2.19. The van der Waals surface area contributed by atoms with Gasteiger partial charge in [0.1, 0.15) is 0 Å². The second-order valence-electron chi connectivity index (χ2n) is 6.54. The summed E-state index contributed by atoms with van der Waals surface area (Å²) < 4.78 is 0. The lowest BCUT2D eigenvalue weighted by atomic mass is 9.85. The van der Waals surface area contributed by atoms with Crippen molar-refractivity contribution in [3.05, 3.63) is 23.8 Å². The number of rotatable bonds is 6. The van der Waals surface area contributed by atoms with Crippen molar-refractivity contribution in [2.45, 2.75) is 27.7 Å². The summed E-state index contributed by atoms with van der Waals surface area (Å²) in [6.45, 7) is 9.77. The first-order valence-corrected chi connectivity index (χ1v) is 7.59. The fourth-order valence-corrected chi connectivity index (χ4v) is 2.60. The van der Waals surface area contributed by atoms with Gasteiger partial charge in [0.05, 0.1) is 5.56 Å². The summed E-state index contributed by atoms with van der Waals surface area (Å²) in [6.07, 6.45) is 0. The van der Waals surface area contributed by atoms with Crippen molar-refractivity contribution in [3.8, 4) is 0 Å². The zero-order chi connectivity index (χ0) is 16.2. The van der Waals surface area contributed by atoms with Crippen LogP contribution in [0.4, 0.5) is 11.4 Å². The first-order chi connectivity index (χ1) is 9.73. The van der Waals surface area contributed by atoms with E-state index in [-0.39, 0.29) is 5.91 Å². The van der Waals surface area contributed by atoms with Gasteiger partial charge >= 0.3 is 0 Å². The normalized spacial score (nSPS) is 11.3. The van der Waals surface area contributed by atoms with E-state index in [1.807, 2.05) is 6.07 Å². The summed E-state index contributed by atoms with van der Waals surface area (Å²) >= 11 is 0. The van der Waals surface area contributed by atoms with Gasteiger partial charge in [0.15, 0.2) is 0 Å². The van der Waals surface area contributed by atoms with Gasteiger partial charge in [-0.2, -0.15) is 0 Å². The summed E-state index contributed by atoms with van der Waals surface area (Å²) in [5, 5.41) is 3.43. The van der Waals surface area contributed by atoms with Crippen LogP contribution in [0.1, 0.15) is 38.1 Å². The maximum absolute atomic E-state index is 12.2. The van der Waals surface area contributed by atoms with Crippen molar-refractivity contribution < 1.29 is 4.79 Å². The molecular weight excluding hydrogens is 262 g/mol. The van der Waals surface area contributed by atoms with Crippen LogP contribution in [0.3, 0.4) is 0 Å². The molecule has 0 fully saturated rings. The van der Waals surface area contributed by atoms with E-state index in [4.69, 9.17) is 5.73 Å². The Bertz CT molecular complexity index is 473. The number of nitrogens with zero attached hydrogens (tertiary/aromatic N) is 1. The maximum Gasteiger partial charge on any atom is 0.255 e. The fraction of sp³-hybridized carbons (Fsp3) is 0.588. The third-order valence-electron chi connectivity index (χ3n) is 3.92. The minimum atomic E-state index is -0.0110. The van der Waals surface area contributed by atoms with Crippen LogP contribution in [0, 0.1) is 17.8 Å². The number of nitrogens with one attached hydrogen (secondary N) is 1. The highest BCUT2D eigenvalue weighted by atomic mass is 16.2. The summed E-state index contributed by atoms with van der Waals surface area (Å²) in [4.78, 5) is 13.8. The van der Waals surface area contributed by atoms with Gasteiger partial charge in [0.2, 0.25) is 0 Å². The minimum Gasteiger partial charge on any atom is -0.399 e. The van der Waals surface area contributed by atoms with Crippen molar-refractivity contribution >= 4 is 17.3 Å². The molecule has 4 heteroatoms. The first kappa shape index (κ1) is 17.3. The van der Waals surface area contributed by atoms with Gasteiger partial charge in [-0.3, -0.25) is 4.79 Å². The third-order valence-corrected chi connectivity index (χ3v) is 3.92. The van der Waals surface area contributed by atoms with E-state index in [9.17, 15) is 4.79 Å². The molecular formula is C17H29N3O. The topological polar surface area (TPSA) is 58.4 Å². The number of anilines is 2. The highest BCUT2D eigenvalue weighted by molar-refractivity contribution is 6.00. The molecule has 1 aromatic carbocycles. The molecule has 0 radical (unpaired) electrons. The van der Waals surface area contributed by atoms with Crippen molar-refractivity contribution in [1.82, 2.24) is 4.90 Å². The number of benzene rings is 1. The van der Waals surface area contributed by atoms with E-state index in [0.717, 1.165) is 12.2 Å². The maximum atomic E-state index is 12.2. The predicted molar refractivity (Wildman–Crippen MR) is 90.5 cm³/mol. The lowest BCUT2D eigenvalue weighted by Gasteiger charge is -2.26. The zero-order valence-corrected chi connectivity index (χ0v) is 14.1. The SMILES string of the molecule is CC(C)C(CNc1cc(N)ccc1C(=O)N(C)C)C(C)C. The monoisotopic (exact) mass is 291 g/mol. The van der Waals surface area contributed by atoms with E-state index in [0.29, 0.717) is 29.0 Å². The second-order valence-corrected chi connectivity index (χ2v) is 6.54. The molecule has 0 aliphatic carbocycles. The molecule has 0 saturated heterocycles. The number of amides is 1. The number of hydrogen-bond acceptors (Lipinski definition) is 3. The van der Waals surface area contributed by atoms with E-state index < -0.39 is 0 Å². The van der Waals surface area contributed by atoms with E-state index in [1.54, 1.807) is 31.1 Å². The summed E-state index contributed by atoms with van der Waals surface area (Å²) in [5.74, 6) is 1.72. The standard InChI is InChI=1S/C17H29N3O/c1-11(2)15(12(3)4)10-19-16-9-13(18)7-8-14(16)17(21)20(5)6/h7-9,11-12,15,19H,10,18H2,1-6H3. The van der Waals surface area contributed by atoms with E-state index in [1.165, 1.54) is 0 Å². The number of nitrogen functional groups attached to an aromatic ring is 1. The van der Waals surface area contributed by atoms with Gasteiger partial charge in [-0.05, 0) is 36.0 Å². The number of carbonyl (C=O) groups is 1. The molecule has 0 atom stereocenters. The average Bonchev–Trinajstić information content (AvgIpc) is 2.37. The quantitative estimate of drug-likeness (QED) is 0.791. The molecule has 0 unspecified atom stereocenters. The lowest BCUT2D eigenvalue weighted by Crippen LogP contribution is -2.27. The largest absolute Gasteiger partial charge is 0.399 e. The average molecular weight is 291 g/mol. The van der Waals surface area contributed by atoms with Crippen LogP contribution in [0.25, 0.3) is 0 Å². The molecule has 0 aliphatic rings. The van der Waals surface area contributed by atoms with Crippen LogP contribution in [0.5, 0.6) is 0 Å². The van der Waals surface area contributed by atoms with E-state index >= 15 is 0 Å². The van der Waals surface area contributed by atoms with Crippen LogP contribution in [-0.4, -0.2) is 31.4 Å². The van der Waals surface area contributed by atoms with Gasteiger partial charge in [-0.15, -0.1) is 0 Å². The summed E-state index contributed by atoms with van der Waals surface area (Å²) in [7, 11) is 3.51. The third kappa shape index (κ3) is 4.66. The molecule has 0 heterocycles. The summed E-state index contributed by atoms with van der Waals surface area (Å²) in [6, 6.07) is 5.40. The van der Waals surface area contributed by atoms with Crippen LogP contribution in [-0.2, 0) is 0 Å².